The van der Waals surface area contributed by atoms with Gasteiger partial charge in [0.05, 0.1) is 13.2 Å². The standard InChI is InChI=1S/C49H86NO10P/c1-3-5-7-9-11-13-15-17-19-21-23-25-27-29-31-33-35-37-39-41-48(53)58-42-45(51)43-59-61(56,57)60-44-46(49(54)55)50-47(52)40-38-36-34-32-30-28-26-24-22-20-18-16-14-12-10-8-6-4-2/h11,13-14,16-17,19-20,22-23,25,45-46,51H,3-10,12,15,18,21,24,26-44H2,1-2H3,(H,50,52)(H,54,55)(H,56,57)/b13-11-,16-14-,19-17-,22-20-,25-23-. The monoisotopic (exact) mass is 880 g/mol. The Morgan fingerprint density at radius 1 is 0.525 bits per heavy atom. The zero-order valence-electron chi connectivity index (χ0n) is 38.2. The van der Waals surface area contributed by atoms with Crippen molar-refractivity contribution in [2.45, 2.75) is 212 Å². The summed E-state index contributed by atoms with van der Waals surface area (Å²) in [6.45, 7) is 2.54. The fraction of sp³-hybridized carbons (Fsp3) is 0.735. The molecule has 0 bridgehead atoms. The molecule has 3 atom stereocenters. The molecule has 0 saturated carbocycles. The highest BCUT2D eigenvalue weighted by atomic mass is 31.2. The van der Waals surface area contributed by atoms with Gasteiger partial charge in [0, 0.05) is 12.8 Å². The molecule has 1 amide bonds. The van der Waals surface area contributed by atoms with Gasteiger partial charge in [-0.1, -0.05) is 164 Å². The number of phosphoric acid groups is 1. The summed E-state index contributed by atoms with van der Waals surface area (Å²) in [6.07, 6.45) is 50.9. The summed E-state index contributed by atoms with van der Waals surface area (Å²) in [6, 6.07) is -1.56. The number of hydrogen-bond donors (Lipinski definition) is 4. The maximum absolute atomic E-state index is 12.3. The number of carboxylic acid groups (broad SMARTS) is 1. The number of aliphatic hydroxyl groups excluding tert-OH is 1. The zero-order chi connectivity index (χ0) is 44.9. The lowest BCUT2D eigenvalue weighted by Crippen LogP contribution is -2.43. The number of ether oxygens (including phenoxy) is 1. The van der Waals surface area contributed by atoms with E-state index >= 15 is 0 Å². The third-order valence-corrected chi connectivity index (χ3v) is 11.0. The lowest BCUT2D eigenvalue weighted by Gasteiger charge is -2.18. The zero-order valence-corrected chi connectivity index (χ0v) is 39.1. The minimum absolute atomic E-state index is 0.134. The number of phosphoric ester groups is 1. The van der Waals surface area contributed by atoms with E-state index < -0.39 is 57.6 Å². The SMILES string of the molecule is CCCCC/C=C\C/C=C\C/C=C\CCCCCCCCC(=O)OCC(O)COP(=O)(O)OCC(NC(=O)CCCCCCCCC/C=C\C/C=C\CCCCCC)C(=O)O. The summed E-state index contributed by atoms with van der Waals surface area (Å²) >= 11 is 0. The molecule has 0 aromatic rings. The van der Waals surface area contributed by atoms with E-state index in [1.165, 1.54) is 64.2 Å². The molecule has 0 fully saturated rings. The minimum atomic E-state index is -4.77. The van der Waals surface area contributed by atoms with Gasteiger partial charge < -0.3 is 25.2 Å². The van der Waals surface area contributed by atoms with E-state index in [2.05, 4.69) is 79.9 Å². The second-order valence-electron chi connectivity index (χ2n) is 15.9. The second-order valence-corrected chi connectivity index (χ2v) is 17.4. The Hall–Kier alpha value is -2.82. The van der Waals surface area contributed by atoms with Gasteiger partial charge in [-0.2, -0.15) is 0 Å². The maximum atomic E-state index is 12.3. The molecule has 0 spiro atoms. The molecule has 0 aromatic heterocycles. The fourth-order valence-electron chi connectivity index (χ4n) is 6.29. The predicted octanol–water partition coefficient (Wildman–Crippen LogP) is 12.7. The number of amides is 1. The summed E-state index contributed by atoms with van der Waals surface area (Å²) in [5.41, 5.74) is 0. The number of nitrogens with one attached hydrogen (secondary N) is 1. The number of unbranched alkanes of at least 4 members (excludes halogenated alkanes) is 20. The summed E-state index contributed by atoms with van der Waals surface area (Å²) < 4.78 is 26.9. The van der Waals surface area contributed by atoms with Crippen LogP contribution in [0, 0.1) is 0 Å². The van der Waals surface area contributed by atoms with Crippen molar-refractivity contribution in [3.8, 4) is 0 Å². The van der Waals surface area contributed by atoms with E-state index in [0.717, 1.165) is 96.3 Å². The van der Waals surface area contributed by atoms with Crippen LogP contribution < -0.4 is 5.32 Å². The summed E-state index contributed by atoms with van der Waals surface area (Å²) in [5, 5.41) is 21.9. The van der Waals surface area contributed by atoms with Crippen LogP contribution in [0.2, 0.25) is 0 Å². The van der Waals surface area contributed by atoms with Crippen molar-refractivity contribution in [1.82, 2.24) is 5.32 Å². The third-order valence-electron chi connectivity index (χ3n) is 10.0. The smallest absolute Gasteiger partial charge is 0.472 e. The van der Waals surface area contributed by atoms with Crippen LogP contribution in [0.15, 0.2) is 60.8 Å². The molecule has 3 unspecified atom stereocenters. The number of allylic oxidation sites excluding steroid dienone is 10. The first-order chi connectivity index (χ1) is 29.6. The summed E-state index contributed by atoms with van der Waals surface area (Å²) in [5.74, 6) is -2.40. The average molecular weight is 880 g/mol. The Balaban J connectivity index is 3.91. The lowest BCUT2D eigenvalue weighted by atomic mass is 10.1. The predicted molar refractivity (Wildman–Crippen MR) is 249 cm³/mol. The number of esters is 1. The van der Waals surface area contributed by atoms with E-state index in [-0.39, 0.29) is 12.8 Å². The van der Waals surface area contributed by atoms with E-state index in [1.807, 2.05) is 0 Å². The summed E-state index contributed by atoms with van der Waals surface area (Å²) in [4.78, 5) is 46.0. The molecule has 0 aliphatic heterocycles. The van der Waals surface area contributed by atoms with Gasteiger partial charge in [0.15, 0.2) is 6.04 Å². The number of rotatable bonds is 44. The molecule has 12 heteroatoms. The highest BCUT2D eigenvalue weighted by Gasteiger charge is 2.28. The van der Waals surface area contributed by atoms with Gasteiger partial charge in [0.1, 0.15) is 12.7 Å². The third kappa shape index (κ3) is 43.6. The molecular weight excluding hydrogens is 794 g/mol. The Morgan fingerprint density at radius 3 is 1.38 bits per heavy atom. The van der Waals surface area contributed by atoms with Crippen molar-refractivity contribution in [3.05, 3.63) is 60.8 Å². The van der Waals surface area contributed by atoms with Crippen LogP contribution in [-0.4, -0.2) is 64.9 Å². The van der Waals surface area contributed by atoms with Crippen molar-refractivity contribution in [3.63, 3.8) is 0 Å². The molecule has 11 nitrogen and oxygen atoms in total. The van der Waals surface area contributed by atoms with Crippen molar-refractivity contribution in [1.29, 1.82) is 0 Å². The minimum Gasteiger partial charge on any atom is -0.480 e. The Morgan fingerprint density at radius 2 is 0.902 bits per heavy atom. The lowest BCUT2D eigenvalue weighted by molar-refractivity contribution is -0.147. The molecular formula is C49H86NO10P. The Labute approximate surface area is 370 Å². The van der Waals surface area contributed by atoms with E-state index in [0.29, 0.717) is 12.8 Å². The van der Waals surface area contributed by atoms with Crippen LogP contribution in [0.3, 0.4) is 0 Å². The first kappa shape index (κ1) is 58.2. The van der Waals surface area contributed by atoms with Crippen LogP contribution in [-0.2, 0) is 32.7 Å². The van der Waals surface area contributed by atoms with Gasteiger partial charge in [-0.3, -0.25) is 18.6 Å². The first-order valence-corrected chi connectivity index (χ1v) is 25.3. The van der Waals surface area contributed by atoms with Gasteiger partial charge in [-0.25, -0.2) is 9.36 Å². The van der Waals surface area contributed by atoms with Gasteiger partial charge >= 0.3 is 19.8 Å². The Bertz CT molecular complexity index is 1260. The molecule has 0 aliphatic rings. The Kier molecular flexibility index (Phi) is 41.8. The van der Waals surface area contributed by atoms with Crippen LogP contribution in [0.5, 0.6) is 0 Å². The average Bonchev–Trinajstić information content (AvgIpc) is 3.24. The van der Waals surface area contributed by atoms with Gasteiger partial charge in [0.25, 0.3) is 0 Å². The van der Waals surface area contributed by atoms with Crippen molar-refractivity contribution in [2.75, 3.05) is 19.8 Å². The van der Waals surface area contributed by atoms with E-state index in [4.69, 9.17) is 13.8 Å². The molecule has 0 rings (SSSR count). The van der Waals surface area contributed by atoms with E-state index in [9.17, 15) is 34.1 Å². The molecule has 61 heavy (non-hydrogen) atoms. The molecule has 4 N–H and O–H groups in total. The largest absolute Gasteiger partial charge is 0.480 e. The van der Waals surface area contributed by atoms with Crippen molar-refractivity contribution >= 4 is 25.7 Å². The van der Waals surface area contributed by atoms with Crippen LogP contribution in [0.4, 0.5) is 0 Å². The van der Waals surface area contributed by atoms with Gasteiger partial charge in [-0.05, 0) is 83.5 Å². The van der Waals surface area contributed by atoms with Crippen molar-refractivity contribution < 1.29 is 47.8 Å². The molecule has 0 saturated heterocycles. The second kappa shape index (κ2) is 43.8. The highest BCUT2D eigenvalue weighted by molar-refractivity contribution is 7.47. The fourth-order valence-corrected chi connectivity index (χ4v) is 7.07. The maximum Gasteiger partial charge on any atom is 0.472 e. The molecule has 0 heterocycles. The number of hydrogen-bond acceptors (Lipinski definition) is 8. The topological polar surface area (TPSA) is 169 Å². The number of carboxylic acids is 1. The first-order valence-electron chi connectivity index (χ1n) is 23.8. The molecule has 0 aromatic carbocycles. The number of aliphatic hydroxyl groups is 1. The molecule has 0 radical (unpaired) electrons. The normalized spacial score (nSPS) is 14.2. The summed E-state index contributed by atoms with van der Waals surface area (Å²) in [7, 11) is -4.77. The van der Waals surface area contributed by atoms with E-state index in [1.54, 1.807) is 0 Å². The number of carbonyl (C=O) groups is 3. The van der Waals surface area contributed by atoms with Gasteiger partial charge in [-0.15, -0.1) is 0 Å². The molecule has 0 aliphatic carbocycles. The van der Waals surface area contributed by atoms with Crippen LogP contribution in [0.25, 0.3) is 0 Å². The van der Waals surface area contributed by atoms with Crippen molar-refractivity contribution in [2.24, 2.45) is 0 Å². The number of carbonyl (C=O) groups excluding carboxylic acids is 2. The van der Waals surface area contributed by atoms with Gasteiger partial charge in [0.2, 0.25) is 5.91 Å². The highest BCUT2D eigenvalue weighted by Crippen LogP contribution is 2.43. The number of aliphatic carboxylic acids is 1. The molecule has 352 valence electrons. The van der Waals surface area contributed by atoms with Crippen LogP contribution in [0.1, 0.15) is 200 Å². The quantitative estimate of drug-likeness (QED) is 0.0200. The van der Waals surface area contributed by atoms with Crippen LogP contribution >= 0.6 is 7.82 Å².